The molecule has 7 nitrogen and oxygen atoms in total. The average Bonchev–Trinajstić information content (AvgIpc) is 3.29. The molecular weight excluding hydrogens is 422 g/mol. The maximum absolute atomic E-state index is 12.4. The topological polar surface area (TPSA) is 79.0 Å². The number of hydrogen-bond acceptors (Lipinski definition) is 6. The predicted octanol–water partition coefficient (Wildman–Crippen LogP) is 2.17. The SMILES string of the molecule is CN(CCCC(=O)NC[C@@H]1CN(Cc2ccccc2)CCO1)S(=O)(=O)c1cccs1. The fourth-order valence-corrected chi connectivity index (χ4v) is 5.76. The number of carbonyl (C=O) groups excluding carboxylic acids is 1. The third-order valence-electron chi connectivity index (χ3n) is 5.04. The summed E-state index contributed by atoms with van der Waals surface area (Å²) < 4.78 is 32.2. The smallest absolute Gasteiger partial charge is 0.252 e. The van der Waals surface area contributed by atoms with Crippen molar-refractivity contribution >= 4 is 27.3 Å². The predicted molar refractivity (Wildman–Crippen MR) is 118 cm³/mol. The van der Waals surface area contributed by atoms with Gasteiger partial charge in [-0.15, -0.1) is 11.3 Å². The number of nitrogens with one attached hydrogen (secondary N) is 1. The van der Waals surface area contributed by atoms with Gasteiger partial charge in [0.05, 0.1) is 12.7 Å². The van der Waals surface area contributed by atoms with Gasteiger partial charge in [-0.25, -0.2) is 12.7 Å². The van der Waals surface area contributed by atoms with Gasteiger partial charge >= 0.3 is 0 Å². The number of rotatable bonds is 10. The van der Waals surface area contributed by atoms with Crippen LogP contribution in [0.2, 0.25) is 0 Å². The first-order valence-electron chi connectivity index (χ1n) is 10.1. The third-order valence-corrected chi connectivity index (χ3v) is 8.27. The number of hydrogen-bond donors (Lipinski definition) is 1. The molecule has 0 unspecified atom stereocenters. The van der Waals surface area contributed by atoms with Crippen molar-refractivity contribution in [3.63, 3.8) is 0 Å². The molecule has 1 aromatic carbocycles. The largest absolute Gasteiger partial charge is 0.374 e. The van der Waals surface area contributed by atoms with E-state index in [1.54, 1.807) is 24.6 Å². The van der Waals surface area contributed by atoms with Gasteiger partial charge in [0, 0.05) is 46.2 Å². The van der Waals surface area contributed by atoms with Crippen molar-refractivity contribution in [3.8, 4) is 0 Å². The molecule has 1 N–H and O–H groups in total. The fraction of sp³-hybridized carbons (Fsp3) is 0.476. The van der Waals surface area contributed by atoms with E-state index in [9.17, 15) is 13.2 Å². The summed E-state index contributed by atoms with van der Waals surface area (Å²) >= 11 is 1.20. The maximum atomic E-state index is 12.4. The van der Waals surface area contributed by atoms with E-state index in [2.05, 4.69) is 22.3 Å². The summed E-state index contributed by atoms with van der Waals surface area (Å²) in [6.45, 7) is 3.95. The number of carbonyl (C=O) groups is 1. The van der Waals surface area contributed by atoms with Crippen LogP contribution in [0.4, 0.5) is 0 Å². The molecule has 1 aromatic heterocycles. The van der Waals surface area contributed by atoms with Crippen LogP contribution < -0.4 is 5.32 Å². The lowest BCUT2D eigenvalue weighted by Gasteiger charge is -2.33. The van der Waals surface area contributed by atoms with E-state index < -0.39 is 10.0 Å². The number of nitrogens with zero attached hydrogens (tertiary/aromatic N) is 2. The molecule has 30 heavy (non-hydrogen) atoms. The molecule has 0 spiro atoms. The molecular formula is C21H29N3O4S2. The molecule has 0 saturated carbocycles. The van der Waals surface area contributed by atoms with Gasteiger partial charge in [-0.1, -0.05) is 36.4 Å². The number of morpholine rings is 1. The lowest BCUT2D eigenvalue weighted by Crippen LogP contribution is -2.47. The number of amides is 1. The Labute approximate surface area is 182 Å². The first-order valence-corrected chi connectivity index (χ1v) is 12.4. The molecule has 3 rings (SSSR count). The van der Waals surface area contributed by atoms with Crippen LogP contribution in [0.3, 0.4) is 0 Å². The Kier molecular flexibility index (Phi) is 8.41. The zero-order valence-corrected chi connectivity index (χ0v) is 18.8. The van der Waals surface area contributed by atoms with Crippen molar-refractivity contribution in [1.29, 1.82) is 0 Å². The summed E-state index contributed by atoms with van der Waals surface area (Å²) in [5.41, 5.74) is 1.27. The number of sulfonamides is 1. The first-order chi connectivity index (χ1) is 14.4. The second-order valence-corrected chi connectivity index (χ2v) is 10.6. The minimum Gasteiger partial charge on any atom is -0.374 e. The number of benzene rings is 1. The van der Waals surface area contributed by atoms with Crippen molar-refractivity contribution in [2.75, 3.05) is 39.8 Å². The van der Waals surface area contributed by atoms with E-state index >= 15 is 0 Å². The zero-order valence-electron chi connectivity index (χ0n) is 17.2. The maximum Gasteiger partial charge on any atom is 0.252 e. The normalized spacial score (nSPS) is 17.9. The van der Waals surface area contributed by atoms with Gasteiger partial charge in [-0.3, -0.25) is 9.69 Å². The minimum absolute atomic E-state index is 0.0340. The second kappa shape index (κ2) is 11.0. The summed E-state index contributed by atoms with van der Waals surface area (Å²) in [5.74, 6) is -0.0827. The van der Waals surface area contributed by atoms with Crippen molar-refractivity contribution in [3.05, 3.63) is 53.4 Å². The highest BCUT2D eigenvalue weighted by Gasteiger charge is 2.23. The van der Waals surface area contributed by atoms with E-state index in [1.165, 1.54) is 21.2 Å². The van der Waals surface area contributed by atoms with Gasteiger partial charge in [-0.05, 0) is 23.4 Å². The molecule has 1 fully saturated rings. The van der Waals surface area contributed by atoms with Gasteiger partial charge in [-0.2, -0.15) is 0 Å². The number of thiophene rings is 1. The Hall–Kier alpha value is -1.78. The summed E-state index contributed by atoms with van der Waals surface area (Å²) in [4.78, 5) is 14.5. The standard InChI is InChI=1S/C21H29N3O4S2/c1-23(30(26,27)21-10-6-14-29-21)11-5-9-20(25)22-15-19-17-24(12-13-28-19)16-18-7-3-2-4-8-18/h2-4,6-8,10,14,19H,5,9,11-13,15-17H2,1H3,(H,22,25)/t19-/m1/s1. The Morgan fingerprint density at radius 3 is 2.80 bits per heavy atom. The summed E-state index contributed by atoms with van der Waals surface area (Å²) in [6.07, 6.45) is 0.719. The molecule has 1 saturated heterocycles. The van der Waals surface area contributed by atoms with Crippen LogP contribution >= 0.6 is 11.3 Å². The quantitative estimate of drug-likeness (QED) is 0.599. The van der Waals surface area contributed by atoms with E-state index in [0.29, 0.717) is 30.3 Å². The fourth-order valence-electron chi connectivity index (χ4n) is 3.35. The lowest BCUT2D eigenvalue weighted by atomic mass is 10.2. The van der Waals surface area contributed by atoms with Gasteiger partial charge in [0.2, 0.25) is 5.91 Å². The zero-order chi connectivity index (χ0) is 21.4. The highest BCUT2D eigenvalue weighted by molar-refractivity contribution is 7.91. The third kappa shape index (κ3) is 6.61. The highest BCUT2D eigenvalue weighted by atomic mass is 32.2. The van der Waals surface area contributed by atoms with Crippen molar-refractivity contribution in [1.82, 2.24) is 14.5 Å². The molecule has 2 heterocycles. The molecule has 164 valence electrons. The van der Waals surface area contributed by atoms with Gasteiger partial charge in [0.15, 0.2) is 0 Å². The van der Waals surface area contributed by atoms with Gasteiger partial charge < -0.3 is 10.1 Å². The van der Waals surface area contributed by atoms with Gasteiger partial charge in [0.25, 0.3) is 10.0 Å². The van der Waals surface area contributed by atoms with Crippen LogP contribution in [0.15, 0.2) is 52.1 Å². The molecule has 0 bridgehead atoms. The summed E-state index contributed by atoms with van der Waals surface area (Å²) in [6, 6.07) is 13.6. The molecule has 1 atom stereocenters. The molecule has 0 radical (unpaired) electrons. The van der Waals surface area contributed by atoms with Crippen molar-refractivity contribution < 1.29 is 17.9 Å². The lowest BCUT2D eigenvalue weighted by molar-refractivity contribution is -0.122. The monoisotopic (exact) mass is 451 g/mol. The molecule has 0 aliphatic carbocycles. The second-order valence-electron chi connectivity index (χ2n) is 7.38. The van der Waals surface area contributed by atoms with Gasteiger partial charge in [0.1, 0.15) is 4.21 Å². The Balaban J connectivity index is 1.35. The van der Waals surface area contributed by atoms with Crippen LogP contribution in [0, 0.1) is 0 Å². The summed E-state index contributed by atoms with van der Waals surface area (Å²) in [5, 5.41) is 4.66. The van der Waals surface area contributed by atoms with Crippen LogP contribution in [0.1, 0.15) is 18.4 Å². The van der Waals surface area contributed by atoms with Crippen molar-refractivity contribution in [2.45, 2.75) is 29.7 Å². The Bertz CT molecular complexity index is 888. The van der Waals surface area contributed by atoms with Crippen LogP contribution in [-0.2, 0) is 26.1 Å². The molecule has 2 aromatic rings. The van der Waals surface area contributed by atoms with E-state index in [4.69, 9.17) is 4.74 Å². The van der Waals surface area contributed by atoms with Crippen LogP contribution in [-0.4, -0.2) is 69.5 Å². The Morgan fingerprint density at radius 2 is 2.07 bits per heavy atom. The molecule has 1 aliphatic heterocycles. The molecule has 1 amide bonds. The molecule has 9 heteroatoms. The van der Waals surface area contributed by atoms with E-state index in [-0.39, 0.29) is 18.4 Å². The van der Waals surface area contributed by atoms with Crippen LogP contribution in [0.25, 0.3) is 0 Å². The number of ether oxygens (including phenoxy) is 1. The van der Waals surface area contributed by atoms with E-state index in [0.717, 1.165) is 19.6 Å². The Morgan fingerprint density at radius 1 is 1.27 bits per heavy atom. The van der Waals surface area contributed by atoms with Crippen molar-refractivity contribution in [2.24, 2.45) is 0 Å². The van der Waals surface area contributed by atoms with Crippen LogP contribution in [0.5, 0.6) is 0 Å². The minimum atomic E-state index is -3.46. The average molecular weight is 452 g/mol. The summed E-state index contributed by atoms with van der Waals surface area (Å²) in [7, 11) is -1.91. The molecule has 1 aliphatic rings. The van der Waals surface area contributed by atoms with E-state index in [1.807, 2.05) is 18.2 Å². The highest BCUT2D eigenvalue weighted by Crippen LogP contribution is 2.20. The first kappa shape index (κ1) is 22.9.